The molecule has 0 aromatic heterocycles. The molecule has 0 radical (unpaired) electrons. The van der Waals surface area contributed by atoms with Crippen LogP contribution in [-0.2, 0) is 14.3 Å². The number of morpholine rings is 1. The second-order valence-corrected chi connectivity index (χ2v) is 6.42. The second kappa shape index (κ2) is 7.79. The van der Waals surface area contributed by atoms with Gasteiger partial charge in [-0.2, -0.15) is 0 Å². The number of amides is 1. The second-order valence-electron chi connectivity index (χ2n) is 5.57. The first-order chi connectivity index (χ1) is 10.9. The molecule has 7 heteroatoms. The van der Waals surface area contributed by atoms with Crippen LogP contribution in [-0.4, -0.2) is 53.8 Å². The summed E-state index contributed by atoms with van der Waals surface area (Å²) in [7, 11) is 0. The van der Waals surface area contributed by atoms with Crippen molar-refractivity contribution < 1.29 is 24.2 Å². The molecule has 0 saturated carbocycles. The molecule has 1 amide bonds. The number of carbonyl (C=O) groups excluding carboxylic acids is 1. The van der Waals surface area contributed by atoms with E-state index < -0.39 is 18.2 Å². The molecule has 2 rings (SSSR count). The summed E-state index contributed by atoms with van der Waals surface area (Å²) in [5.41, 5.74) is 1.09. The van der Waals surface area contributed by atoms with E-state index in [-0.39, 0.29) is 18.9 Å². The van der Waals surface area contributed by atoms with Crippen molar-refractivity contribution in [2.75, 3.05) is 19.7 Å². The zero-order chi connectivity index (χ0) is 17.0. The number of benzene rings is 1. The number of carboxylic acid groups (broad SMARTS) is 1. The minimum absolute atomic E-state index is 0.109. The number of nitrogens with zero attached hydrogens (tertiary/aromatic N) is 1. The van der Waals surface area contributed by atoms with Crippen molar-refractivity contribution in [1.29, 1.82) is 0 Å². The van der Waals surface area contributed by atoms with Gasteiger partial charge in [-0.25, -0.2) is 0 Å². The van der Waals surface area contributed by atoms with E-state index in [1.807, 2.05) is 25.1 Å². The number of carbonyl (C=O) groups is 2. The minimum atomic E-state index is -0.933. The monoisotopic (exact) mass is 385 g/mol. The lowest BCUT2D eigenvalue weighted by molar-refractivity contribution is -0.151. The van der Waals surface area contributed by atoms with E-state index in [2.05, 4.69) is 15.9 Å². The standard InChI is InChI=1S/C16H20BrNO5/c1-10-3-4-14(13(17)7-10)23-11(2)16(21)18-5-6-22-12(9-18)8-15(19)20/h3-4,7,11-12H,5-6,8-9H2,1-2H3,(H,19,20). The molecule has 23 heavy (non-hydrogen) atoms. The number of hydrogen-bond donors (Lipinski definition) is 1. The Morgan fingerprint density at radius 1 is 1.52 bits per heavy atom. The predicted molar refractivity (Wildman–Crippen MR) is 87.5 cm³/mol. The summed E-state index contributed by atoms with van der Waals surface area (Å²) in [5, 5.41) is 8.83. The Kier molecular flexibility index (Phi) is 6.01. The minimum Gasteiger partial charge on any atom is -0.481 e. The molecule has 1 aromatic carbocycles. The van der Waals surface area contributed by atoms with Crippen molar-refractivity contribution >= 4 is 27.8 Å². The molecule has 1 aliphatic heterocycles. The van der Waals surface area contributed by atoms with Gasteiger partial charge in [-0.1, -0.05) is 6.07 Å². The van der Waals surface area contributed by atoms with E-state index in [4.69, 9.17) is 14.6 Å². The third-order valence-corrected chi connectivity index (χ3v) is 4.21. The Bertz CT molecular complexity index is 592. The van der Waals surface area contributed by atoms with Crippen LogP contribution in [0.4, 0.5) is 0 Å². The average Bonchev–Trinajstić information content (AvgIpc) is 2.49. The van der Waals surface area contributed by atoms with Gasteiger partial charge in [0.1, 0.15) is 5.75 Å². The number of halogens is 1. The van der Waals surface area contributed by atoms with Crippen molar-refractivity contribution in [3.63, 3.8) is 0 Å². The Balaban J connectivity index is 1.97. The van der Waals surface area contributed by atoms with E-state index in [0.717, 1.165) is 10.0 Å². The maximum Gasteiger partial charge on any atom is 0.306 e. The van der Waals surface area contributed by atoms with Crippen molar-refractivity contribution in [2.45, 2.75) is 32.5 Å². The number of ether oxygens (including phenoxy) is 2. The summed E-state index contributed by atoms with van der Waals surface area (Å²) in [6.07, 6.45) is -1.23. The SMILES string of the molecule is Cc1ccc(OC(C)C(=O)N2CCOC(CC(=O)O)C2)c(Br)c1. The molecule has 1 fully saturated rings. The number of rotatable bonds is 5. The first-order valence-electron chi connectivity index (χ1n) is 7.42. The summed E-state index contributed by atoms with van der Waals surface area (Å²) in [6.45, 7) is 4.71. The van der Waals surface area contributed by atoms with Gasteiger partial charge in [-0.3, -0.25) is 9.59 Å². The molecule has 6 nitrogen and oxygen atoms in total. The summed E-state index contributed by atoms with van der Waals surface area (Å²) in [5.74, 6) is -0.500. The Hall–Kier alpha value is -1.60. The fourth-order valence-corrected chi connectivity index (χ4v) is 3.02. The third-order valence-electron chi connectivity index (χ3n) is 3.59. The van der Waals surface area contributed by atoms with Gasteiger partial charge in [-0.05, 0) is 47.5 Å². The fourth-order valence-electron chi connectivity index (χ4n) is 2.44. The lowest BCUT2D eigenvalue weighted by atomic mass is 10.2. The van der Waals surface area contributed by atoms with Crippen LogP contribution in [0.2, 0.25) is 0 Å². The molecule has 2 atom stereocenters. The Labute approximate surface area is 143 Å². The van der Waals surface area contributed by atoms with Gasteiger partial charge < -0.3 is 19.5 Å². The zero-order valence-electron chi connectivity index (χ0n) is 13.1. The van der Waals surface area contributed by atoms with Crippen LogP contribution in [0.25, 0.3) is 0 Å². The Morgan fingerprint density at radius 2 is 2.26 bits per heavy atom. The maximum absolute atomic E-state index is 12.5. The van der Waals surface area contributed by atoms with Crippen molar-refractivity contribution in [2.24, 2.45) is 0 Å². The average molecular weight is 386 g/mol. The van der Waals surface area contributed by atoms with E-state index in [0.29, 0.717) is 18.9 Å². The molecule has 0 aliphatic carbocycles. The summed E-state index contributed by atoms with van der Waals surface area (Å²) < 4.78 is 11.9. The summed E-state index contributed by atoms with van der Waals surface area (Å²) in [4.78, 5) is 24.9. The van der Waals surface area contributed by atoms with E-state index >= 15 is 0 Å². The lowest BCUT2D eigenvalue weighted by Gasteiger charge is -2.33. The van der Waals surface area contributed by atoms with Crippen LogP contribution in [0.3, 0.4) is 0 Å². The molecular weight excluding hydrogens is 366 g/mol. The number of aliphatic carboxylic acids is 1. The fraction of sp³-hybridized carbons (Fsp3) is 0.500. The summed E-state index contributed by atoms with van der Waals surface area (Å²) in [6, 6.07) is 5.65. The highest BCUT2D eigenvalue weighted by atomic mass is 79.9. The van der Waals surface area contributed by atoms with Gasteiger partial charge in [0.05, 0.1) is 23.6 Å². The normalized spacial score (nSPS) is 19.3. The first kappa shape index (κ1) is 17.7. The van der Waals surface area contributed by atoms with Crippen LogP contribution in [0.1, 0.15) is 18.9 Å². The van der Waals surface area contributed by atoms with Crippen LogP contribution in [0.5, 0.6) is 5.75 Å². The predicted octanol–water partition coefficient (Wildman–Crippen LogP) is 2.23. The van der Waals surface area contributed by atoms with E-state index in [9.17, 15) is 9.59 Å². The number of aryl methyl sites for hydroxylation is 1. The molecule has 1 aromatic rings. The van der Waals surface area contributed by atoms with Gasteiger partial charge in [0.25, 0.3) is 5.91 Å². The Morgan fingerprint density at radius 3 is 2.91 bits per heavy atom. The van der Waals surface area contributed by atoms with E-state index in [1.54, 1.807) is 11.8 Å². The van der Waals surface area contributed by atoms with Crippen LogP contribution >= 0.6 is 15.9 Å². The van der Waals surface area contributed by atoms with Gasteiger partial charge in [-0.15, -0.1) is 0 Å². The number of carboxylic acids is 1. The lowest BCUT2D eigenvalue weighted by Crippen LogP contribution is -2.50. The number of hydrogen-bond acceptors (Lipinski definition) is 4. The third kappa shape index (κ3) is 4.94. The van der Waals surface area contributed by atoms with Crippen LogP contribution < -0.4 is 4.74 Å². The molecule has 1 aliphatic rings. The zero-order valence-corrected chi connectivity index (χ0v) is 14.7. The quantitative estimate of drug-likeness (QED) is 0.840. The molecule has 0 bridgehead atoms. The topological polar surface area (TPSA) is 76.1 Å². The molecule has 1 saturated heterocycles. The molecule has 1 N–H and O–H groups in total. The highest BCUT2D eigenvalue weighted by Crippen LogP contribution is 2.27. The highest BCUT2D eigenvalue weighted by Gasteiger charge is 2.29. The van der Waals surface area contributed by atoms with Crippen molar-refractivity contribution in [3.8, 4) is 5.75 Å². The van der Waals surface area contributed by atoms with Crippen LogP contribution in [0.15, 0.2) is 22.7 Å². The van der Waals surface area contributed by atoms with Gasteiger partial charge in [0.2, 0.25) is 0 Å². The van der Waals surface area contributed by atoms with Crippen LogP contribution in [0, 0.1) is 6.92 Å². The highest BCUT2D eigenvalue weighted by molar-refractivity contribution is 9.10. The van der Waals surface area contributed by atoms with E-state index in [1.165, 1.54) is 0 Å². The molecule has 2 unspecified atom stereocenters. The molecule has 1 heterocycles. The summed E-state index contributed by atoms with van der Waals surface area (Å²) >= 11 is 3.42. The largest absolute Gasteiger partial charge is 0.481 e. The molecular formula is C16H20BrNO5. The smallest absolute Gasteiger partial charge is 0.306 e. The maximum atomic E-state index is 12.5. The van der Waals surface area contributed by atoms with Crippen molar-refractivity contribution in [3.05, 3.63) is 28.2 Å². The van der Waals surface area contributed by atoms with Gasteiger partial charge in [0.15, 0.2) is 6.10 Å². The van der Waals surface area contributed by atoms with Crippen molar-refractivity contribution in [1.82, 2.24) is 4.90 Å². The van der Waals surface area contributed by atoms with Gasteiger partial charge in [0, 0.05) is 13.1 Å². The molecule has 0 spiro atoms. The first-order valence-corrected chi connectivity index (χ1v) is 8.21. The van der Waals surface area contributed by atoms with Gasteiger partial charge >= 0.3 is 5.97 Å². The molecule has 126 valence electrons.